The van der Waals surface area contributed by atoms with E-state index >= 15 is 0 Å². The van der Waals surface area contributed by atoms with Crippen LogP contribution in [0.3, 0.4) is 0 Å². The van der Waals surface area contributed by atoms with E-state index in [0.29, 0.717) is 0 Å². The normalized spacial score (nSPS) is 32.0. The van der Waals surface area contributed by atoms with Crippen molar-refractivity contribution >= 4 is 11.9 Å². The number of hydrogen-bond acceptors (Lipinski definition) is 3. The van der Waals surface area contributed by atoms with Crippen LogP contribution in [0.15, 0.2) is 0 Å². The van der Waals surface area contributed by atoms with Crippen LogP contribution >= 0.6 is 0 Å². The number of carbonyl (C=O) groups excluding carboxylic acids is 2. The molecule has 6 nitrogen and oxygen atoms in total. The summed E-state index contributed by atoms with van der Waals surface area (Å²) in [6, 6.07) is -0.312. The summed E-state index contributed by atoms with van der Waals surface area (Å²) < 4.78 is 5.37. The number of nitrogens with zero attached hydrogens (tertiary/aromatic N) is 1. The molecule has 2 heterocycles. The number of hydrogen-bond donors (Lipinski definition) is 2. The Hall–Kier alpha value is -1.30. The maximum Gasteiger partial charge on any atom is 0.315 e. The molecule has 3 amide bonds. The minimum atomic E-state index is -0.363. The first-order chi connectivity index (χ1) is 9.61. The van der Waals surface area contributed by atoms with E-state index in [1.807, 2.05) is 0 Å². The van der Waals surface area contributed by atoms with Crippen LogP contribution in [0.4, 0.5) is 4.79 Å². The molecule has 3 aliphatic rings. The highest BCUT2D eigenvalue weighted by Gasteiger charge is 2.55. The third-order valence-electron chi connectivity index (χ3n) is 4.95. The Balaban J connectivity index is 1.47. The lowest BCUT2D eigenvalue weighted by molar-refractivity contribution is -0.134. The van der Waals surface area contributed by atoms with Gasteiger partial charge in [-0.3, -0.25) is 4.79 Å². The molecule has 0 aromatic rings. The Morgan fingerprint density at radius 2 is 2.10 bits per heavy atom. The fourth-order valence-corrected chi connectivity index (χ4v) is 3.41. The maximum atomic E-state index is 12.0. The lowest BCUT2D eigenvalue weighted by Gasteiger charge is -2.30. The Bertz CT molecular complexity index is 406. The van der Waals surface area contributed by atoms with E-state index < -0.39 is 0 Å². The van der Waals surface area contributed by atoms with Crippen molar-refractivity contribution in [3.05, 3.63) is 0 Å². The number of ether oxygens (including phenoxy) is 1. The van der Waals surface area contributed by atoms with Crippen LogP contribution in [-0.4, -0.2) is 55.7 Å². The zero-order valence-electron chi connectivity index (χ0n) is 12.0. The van der Waals surface area contributed by atoms with Crippen molar-refractivity contribution in [3.63, 3.8) is 0 Å². The summed E-state index contributed by atoms with van der Waals surface area (Å²) in [5.41, 5.74) is 0.267. The average Bonchev–Trinajstić information content (AvgIpc) is 3.07. The Kier molecular flexibility index (Phi) is 3.58. The van der Waals surface area contributed by atoms with E-state index in [0.717, 1.165) is 51.9 Å². The number of carbonyl (C=O) groups is 2. The highest BCUT2D eigenvalue weighted by molar-refractivity contribution is 5.87. The second-order valence-corrected chi connectivity index (χ2v) is 6.30. The van der Waals surface area contributed by atoms with Gasteiger partial charge in [-0.05, 0) is 37.5 Å². The Morgan fingerprint density at radius 3 is 2.85 bits per heavy atom. The van der Waals surface area contributed by atoms with Crippen LogP contribution in [0.1, 0.15) is 32.1 Å². The van der Waals surface area contributed by atoms with Gasteiger partial charge in [0.25, 0.3) is 0 Å². The summed E-state index contributed by atoms with van der Waals surface area (Å²) in [5, 5.41) is 5.84. The highest BCUT2D eigenvalue weighted by atomic mass is 16.5. The van der Waals surface area contributed by atoms with Gasteiger partial charge >= 0.3 is 6.03 Å². The smallest absolute Gasteiger partial charge is 0.315 e. The molecule has 112 valence electrons. The highest BCUT2D eigenvalue weighted by Crippen LogP contribution is 2.53. The number of likely N-dealkylation sites (N-methyl/N-ethyl adjacent to an activating group) is 1. The van der Waals surface area contributed by atoms with Crippen molar-refractivity contribution in [2.45, 2.75) is 44.2 Å². The van der Waals surface area contributed by atoms with E-state index in [2.05, 4.69) is 10.6 Å². The van der Waals surface area contributed by atoms with Gasteiger partial charge in [0, 0.05) is 32.8 Å². The van der Waals surface area contributed by atoms with E-state index in [9.17, 15) is 9.59 Å². The first kappa shape index (κ1) is 13.7. The van der Waals surface area contributed by atoms with Crippen LogP contribution in [0.25, 0.3) is 0 Å². The van der Waals surface area contributed by atoms with Crippen molar-refractivity contribution in [1.29, 1.82) is 0 Å². The zero-order chi connectivity index (χ0) is 14.2. The largest absolute Gasteiger partial charge is 0.381 e. The van der Waals surface area contributed by atoms with Crippen LogP contribution in [-0.2, 0) is 9.53 Å². The summed E-state index contributed by atoms with van der Waals surface area (Å²) in [6.07, 6.45) is 4.78. The summed E-state index contributed by atoms with van der Waals surface area (Å²) in [7, 11) is 1.78. The molecular formula is C14H23N3O3. The minimum Gasteiger partial charge on any atom is -0.381 e. The molecule has 3 rings (SSSR count). The predicted molar refractivity (Wildman–Crippen MR) is 73.2 cm³/mol. The molecule has 2 atom stereocenters. The maximum absolute atomic E-state index is 12.0. The number of piperidine rings is 1. The van der Waals surface area contributed by atoms with E-state index in [4.69, 9.17) is 4.74 Å². The molecule has 0 aromatic carbocycles. The molecule has 0 bridgehead atoms. The number of likely N-dealkylation sites (tertiary alicyclic amines) is 1. The second kappa shape index (κ2) is 5.24. The molecule has 1 saturated carbocycles. The van der Waals surface area contributed by atoms with Gasteiger partial charge in [0.15, 0.2) is 0 Å². The summed E-state index contributed by atoms with van der Waals surface area (Å²) >= 11 is 0. The number of nitrogens with one attached hydrogen (secondary N) is 2. The van der Waals surface area contributed by atoms with E-state index in [1.54, 1.807) is 11.9 Å². The lowest BCUT2D eigenvalue weighted by Crippen LogP contribution is -2.53. The number of urea groups is 1. The average molecular weight is 281 g/mol. The van der Waals surface area contributed by atoms with Crippen molar-refractivity contribution in [2.24, 2.45) is 5.41 Å². The van der Waals surface area contributed by atoms with Gasteiger partial charge in [-0.15, -0.1) is 0 Å². The third-order valence-corrected chi connectivity index (χ3v) is 4.95. The molecule has 1 spiro atoms. The SMILES string of the molecule is CN1CCCC(NC(=O)NC2CC23CCOCC3)C1=O. The first-order valence-electron chi connectivity index (χ1n) is 7.50. The van der Waals surface area contributed by atoms with Gasteiger partial charge in [-0.25, -0.2) is 4.79 Å². The summed E-state index contributed by atoms with van der Waals surface area (Å²) in [6.45, 7) is 2.38. The van der Waals surface area contributed by atoms with E-state index in [-0.39, 0.29) is 29.4 Å². The molecule has 2 saturated heterocycles. The lowest BCUT2D eigenvalue weighted by atomic mass is 9.96. The molecule has 0 radical (unpaired) electrons. The molecule has 0 aromatic heterocycles. The molecule has 2 unspecified atom stereocenters. The van der Waals surface area contributed by atoms with Gasteiger partial charge in [0.1, 0.15) is 6.04 Å². The molecule has 2 aliphatic heterocycles. The topological polar surface area (TPSA) is 70.7 Å². The summed E-state index contributed by atoms with van der Waals surface area (Å²) in [5.74, 6) is 0.0166. The van der Waals surface area contributed by atoms with Gasteiger partial charge in [0.05, 0.1) is 0 Å². The molecular weight excluding hydrogens is 258 g/mol. The molecule has 1 aliphatic carbocycles. The monoisotopic (exact) mass is 281 g/mol. The van der Waals surface area contributed by atoms with Crippen LogP contribution in [0.2, 0.25) is 0 Å². The predicted octanol–water partition coefficient (Wildman–Crippen LogP) is 0.476. The van der Waals surface area contributed by atoms with Crippen molar-refractivity contribution in [1.82, 2.24) is 15.5 Å². The first-order valence-corrected chi connectivity index (χ1v) is 7.50. The van der Waals surface area contributed by atoms with Gasteiger partial charge < -0.3 is 20.3 Å². The van der Waals surface area contributed by atoms with Crippen LogP contribution in [0, 0.1) is 5.41 Å². The fraction of sp³-hybridized carbons (Fsp3) is 0.857. The van der Waals surface area contributed by atoms with Gasteiger partial charge in [-0.1, -0.05) is 0 Å². The number of amides is 3. The molecule has 20 heavy (non-hydrogen) atoms. The minimum absolute atomic E-state index is 0.0166. The van der Waals surface area contributed by atoms with Gasteiger partial charge in [0.2, 0.25) is 5.91 Å². The number of rotatable bonds is 2. The van der Waals surface area contributed by atoms with Gasteiger partial charge in [-0.2, -0.15) is 0 Å². The Labute approximate surface area is 119 Å². The third kappa shape index (κ3) is 2.61. The zero-order valence-corrected chi connectivity index (χ0v) is 12.0. The van der Waals surface area contributed by atoms with Crippen LogP contribution < -0.4 is 10.6 Å². The Morgan fingerprint density at radius 1 is 1.35 bits per heavy atom. The summed E-state index contributed by atoms with van der Waals surface area (Å²) in [4.78, 5) is 25.6. The quantitative estimate of drug-likeness (QED) is 0.773. The van der Waals surface area contributed by atoms with Crippen molar-refractivity contribution in [2.75, 3.05) is 26.8 Å². The van der Waals surface area contributed by atoms with Crippen molar-refractivity contribution < 1.29 is 14.3 Å². The molecule has 3 fully saturated rings. The molecule has 6 heteroatoms. The second-order valence-electron chi connectivity index (χ2n) is 6.30. The van der Waals surface area contributed by atoms with E-state index in [1.165, 1.54) is 0 Å². The fourth-order valence-electron chi connectivity index (χ4n) is 3.41. The standard InChI is InChI=1S/C14H23N3O3/c1-17-6-2-3-10(12(17)18)15-13(19)16-11-9-14(11)4-7-20-8-5-14/h10-11H,2-9H2,1H3,(H2,15,16,19). The molecule has 2 N–H and O–H groups in total. The van der Waals surface area contributed by atoms with Crippen LogP contribution in [0.5, 0.6) is 0 Å². The van der Waals surface area contributed by atoms with Crippen molar-refractivity contribution in [3.8, 4) is 0 Å².